The first-order valence-electron chi connectivity index (χ1n) is 7.41. The van der Waals surface area contributed by atoms with Crippen LogP contribution in [0.15, 0.2) is 46.9 Å². The highest BCUT2D eigenvalue weighted by atomic mass is 79.9. The highest BCUT2D eigenvalue weighted by molar-refractivity contribution is 9.10. The lowest BCUT2D eigenvalue weighted by Gasteiger charge is -2.33. The third kappa shape index (κ3) is 2.77. The number of hydrogen-bond acceptors (Lipinski definition) is 1. The molecule has 1 aliphatic carbocycles. The van der Waals surface area contributed by atoms with E-state index in [1.807, 2.05) is 19.2 Å². The van der Waals surface area contributed by atoms with Crippen molar-refractivity contribution in [1.82, 2.24) is 5.32 Å². The Morgan fingerprint density at radius 3 is 2.81 bits per heavy atom. The summed E-state index contributed by atoms with van der Waals surface area (Å²) in [7, 11) is 1.92. The van der Waals surface area contributed by atoms with Crippen LogP contribution in [0.2, 0.25) is 0 Å². The molecule has 2 aromatic carbocycles. The van der Waals surface area contributed by atoms with Crippen molar-refractivity contribution in [1.29, 1.82) is 0 Å². The van der Waals surface area contributed by atoms with Crippen LogP contribution >= 0.6 is 15.9 Å². The average Bonchev–Trinajstić information content (AvgIpc) is 2.52. The number of nitrogens with one attached hydrogen (secondary N) is 1. The predicted molar refractivity (Wildman–Crippen MR) is 88.0 cm³/mol. The number of benzene rings is 2. The summed E-state index contributed by atoms with van der Waals surface area (Å²) in [5.74, 6) is 0.170. The molecular formula is C18H19BrFN. The van der Waals surface area contributed by atoms with Crippen molar-refractivity contribution < 1.29 is 4.39 Å². The van der Waals surface area contributed by atoms with Crippen LogP contribution in [-0.4, -0.2) is 7.05 Å². The summed E-state index contributed by atoms with van der Waals surface area (Å²) in [6, 6.07) is 14.1. The van der Waals surface area contributed by atoms with Gasteiger partial charge in [0.2, 0.25) is 0 Å². The Morgan fingerprint density at radius 1 is 1.19 bits per heavy atom. The van der Waals surface area contributed by atoms with Gasteiger partial charge in [-0.2, -0.15) is 0 Å². The zero-order valence-corrected chi connectivity index (χ0v) is 13.7. The van der Waals surface area contributed by atoms with Crippen molar-refractivity contribution in [3.8, 4) is 0 Å². The van der Waals surface area contributed by atoms with Crippen LogP contribution in [0, 0.1) is 5.82 Å². The van der Waals surface area contributed by atoms with Gasteiger partial charge in [0.25, 0.3) is 0 Å². The lowest BCUT2D eigenvalue weighted by atomic mass is 9.76. The van der Waals surface area contributed by atoms with E-state index < -0.39 is 0 Å². The van der Waals surface area contributed by atoms with Gasteiger partial charge in [-0.25, -0.2) is 4.39 Å². The Kier molecular flexibility index (Phi) is 4.41. The Morgan fingerprint density at radius 2 is 2.00 bits per heavy atom. The van der Waals surface area contributed by atoms with Gasteiger partial charge in [0, 0.05) is 17.5 Å². The number of rotatable bonds is 3. The van der Waals surface area contributed by atoms with E-state index >= 15 is 0 Å². The zero-order valence-electron chi connectivity index (χ0n) is 12.1. The zero-order chi connectivity index (χ0) is 14.8. The van der Waals surface area contributed by atoms with Crippen LogP contribution < -0.4 is 5.32 Å². The number of hydrogen-bond donors (Lipinski definition) is 1. The van der Waals surface area contributed by atoms with E-state index in [2.05, 4.69) is 45.5 Å². The van der Waals surface area contributed by atoms with Crippen LogP contribution in [0.25, 0.3) is 0 Å². The van der Waals surface area contributed by atoms with Gasteiger partial charge in [-0.1, -0.05) is 36.4 Å². The van der Waals surface area contributed by atoms with Gasteiger partial charge in [0.15, 0.2) is 0 Å². The van der Waals surface area contributed by atoms with Crippen molar-refractivity contribution in [3.05, 3.63) is 69.4 Å². The van der Waals surface area contributed by atoms with E-state index in [4.69, 9.17) is 0 Å². The Bertz CT molecular complexity index is 641. The summed E-state index contributed by atoms with van der Waals surface area (Å²) in [6.07, 6.45) is 3.38. The molecule has 110 valence electrons. The molecule has 2 aromatic rings. The van der Waals surface area contributed by atoms with E-state index in [9.17, 15) is 4.39 Å². The summed E-state index contributed by atoms with van der Waals surface area (Å²) >= 11 is 3.30. The first-order chi connectivity index (χ1) is 10.2. The smallest absolute Gasteiger partial charge is 0.142 e. The molecular weight excluding hydrogens is 329 g/mol. The monoisotopic (exact) mass is 347 g/mol. The maximum atomic E-state index is 14.5. The fraction of sp³-hybridized carbons (Fsp3) is 0.333. The van der Waals surface area contributed by atoms with Crippen molar-refractivity contribution in [2.24, 2.45) is 0 Å². The summed E-state index contributed by atoms with van der Waals surface area (Å²) in [5.41, 5.74) is 3.51. The molecule has 0 saturated carbocycles. The van der Waals surface area contributed by atoms with E-state index in [1.165, 1.54) is 11.1 Å². The van der Waals surface area contributed by atoms with Gasteiger partial charge in [-0.05, 0) is 59.4 Å². The molecule has 0 radical (unpaired) electrons. The summed E-state index contributed by atoms with van der Waals surface area (Å²) in [5, 5.41) is 3.34. The Labute approximate surface area is 133 Å². The van der Waals surface area contributed by atoms with E-state index in [-0.39, 0.29) is 11.9 Å². The highest BCUT2D eigenvalue weighted by Crippen LogP contribution is 2.41. The number of halogens is 2. The van der Waals surface area contributed by atoms with Gasteiger partial charge < -0.3 is 5.32 Å². The minimum atomic E-state index is -0.153. The Hall–Kier alpha value is -1.19. The van der Waals surface area contributed by atoms with E-state index in [0.717, 1.165) is 24.8 Å². The van der Waals surface area contributed by atoms with Crippen LogP contribution in [0.1, 0.15) is 41.5 Å². The molecule has 0 bridgehead atoms. The quantitative estimate of drug-likeness (QED) is 0.826. The summed E-state index contributed by atoms with van der Waals surface area (Å²) < 4.78 is 15.0. The molecule has 2 atom stereocenters. The second-order valence-electron chi connectivity index (χ2n) is 5.61. The normalized spacial score (nSPS) is 19.1. The number of aryl methyl sites for hydroxylation is 1. The fourth-order valence-corrected chi connectivity index (χ4v) is 3.85. The maximum Gasteiger partial charge on any atom is 0.142 e. The number of fused-ring (bicyclic) bond motifs is 1. The third-order valence-corrected chi connectivity index (χ3v) is 5.06. The van der Waals surface area contributed by atoms with Gasteiger partial charge in [0.1, 0.15) is 5.82 Å². The first kappa shape index (κ1) is 14.7. The van der Waals surface area contributed by atoms with Gasteiger partial charge in [-0.15, -0.1) is 0 Å². The predicted octanol–water partition coefficient (Wildman–Crippen LogP) is 4.97. The average molecular weight is 348 g/mol. The molecule has 0 spiro atoms. The molecule has 21 heavy (non-hydrogen) atoms. The lowest BCUT2D eigenvalue weighted by molar-refractivity contribution is 0.410. The van der Waals surface area contributed by atoms with Crippen molar-refractivity contribution in [2.75, 3.05) is 7.05 Å². The van der Waals surface area contributed by atoms with E-state index in [1.54, 1.807) is 6.07 Å². The molecule has 1 nitrogen and oxygen atoms in total. The molecule has 0 aromatic heterocycles. The Balaban J connectivity index is 2.04. The molecule has 0 saturated heterocycles. The molecule has 2 unspecified atom stereocenters. The standard InChI is InChI=1S/C18H19BrFN/c1-21-18(15-10-5-11-16(19)17(15)20)14-9-4-7-12-6-2-3-8-13(12)14/h2-3,5-6,8,10-11,14,18,21H,4,7,9H2,1H3. The van der Waals surface area contributed by atoms with Gasteiger partial charge in [0.05, 0.1) is 4.47 Å². The molecule has 3 rings (SSSR count). The number of likely N-dealkylation sites (N-methyl/N-ethyl adjacent to an activating group) is 1. The van der Waals surface area contributed by atoms with Gasteiger partial charge in [-0.3, -0.25) is 0 Å². The van der Waals surface area contributed by atoms with Crippen molar-refractivity contribution in [2.45, 2.75) is 31.2 Å². The molecule has 1 aliphatic rings. The molecule has 0 fully saturated rings. The largest absolute Gasteiger partial charge is 0.312 e. The topological polar surface area (TPSA) is 12.0 Å². The van der Waals surface area contributed by atoms with E-state index in [0.29, 0.717) is 10.4 Å². The minimum absolute atomic E-state index is 0.00366. The third-order valence-electron chi connectivity index (χ3n) is 4.45. The maximum absolute atomic E-state index is 14.5. The summed E-state index contributed by atoms with van der Waals surface area (Å²) in [4.78, 5) is 0. The lowest BCUT2D eigenvalue weighted by Crippen LogP contribution is -2.27. The van der Waals surface area contributed by atoms with Gasteiger partial charge >= 0.3 is 0 Å². The van der Waals surface area contributed by atoms with Crippen LogP contribution in [0.5, 0.6) is 0 Å². The molecule has 1 N–H and O–H groups in total. The molecule has 0 aliphatic heterocycles. The molecule has 3 heteroatoms. The molecule has 0 amide bonds. The van der Waals surface area contributed by atoms with Crippen LogP contribution in [-0.2, 0) is 6.42 Å². The SMILES string of the molecule is CNC(c1cccc(Br)c1F)C1CCCc2ccccc21. The first-order valence-corrected chi connectivity index (χ1v) is 8.20. The fourth-order valence-electron chi connectivity index (χ4n) is 3.47. The summed E-state index contributed by atoms with van der Waals surface area (Å²) in [6.45, 7) is 0. The molecule has 0 heterocycles. The van der Waals surface area contributed by atoms with Crippen LogP contribution in [0.4, 0.5) is 4.39 Å². The van der Waals surface area contributed by atoms with Crippen molar-refractivity contribution in [3.63, 3.8) is 0 Å². The minimum Gasteiger partial charge on any atom is -0.312 e. The van der Waals surface area contributed by atoms with Crippen molar-refractivity contribution >= 4 is 15.9 Å². The second kappa shape index (κ2) is 6.29. The second-order valence-corrected chi connectivity index (χ2v) is 6.46. The van der Waals surface area contributed by atoms with Crippen LogP contribution in [0.3, 0.4) is 0 Å². The highest BCUT2D eigenvalue weighted by Gasteiger charge is 2.29.